The summed E-state index contributed by atoms with van der Waals surface area (Å²) in [5.41, 5.74) is 0. The van der Waals surface area contributed by atoms with E-state index in [0.29, 0.717) is 18.1 Å². The third-order valence-corrected chi connectivity index (χ3v) is 2.00. The first-order chi connectivity index (χ1) is 7.63. The second kappa shape index (κ2) is 6.49. The smallest absolute Gasteiger partial charge is 0.261 e. The zero-order valence-corrected chi connectivity index (χ0v) is 9.24. The summed E-state index contributed by atoms with van der Waals surface area (Å²) >= 11 is 0. The Hall–Kier alpha value is -1.08. The molecule has 0 saturated carbocycles. The van der Waals surface area contributed by atoms with E-state index in [2.05, 4.69) is 15.5 Å². The normalized spacial score (nSPS) is 13.3. The molecule has 16 heavy (non-hydrogen) atoms. The summed E-state index contributed by atoms with van der Waals surface area (Å²) in [6, 6.07) is -0.0248. The van der Waals surface area contributed by atoms with Gasteiger partial charge in [0, 0.05) is 6.42 Å². The highest BCUT2D eigenvalue weighted by atomic mass is 19.3. The van der Waals surface area contributed by atoms with Crippen molar-refractivity contribution in [3.63, 3.8) is 0 Å². The lowest BCUT2D eigenvalue weighted by Gasteiger charge is -2.01. The fraction of sp³-hybridized carbons (Fsp3) is 0.778. The minimum absolute atomic E-state index is 0.0248. The number of aromatic nitrogens is 2. The lowest BCUT2D eigenvalue weighted by atomic mass is 10.3. The number of rotatable bonds is 7. The van der Waals surface area contributed by atoms with Crippen LogP contribution in [0.1, 0.15) is 24.7 Å². The molecule has 0 saturated heterocycles. The van der Waals surface area contributed by atoms with Crippen molar-refractivity contribution in [1.29, 1.82) is 0 Å². The van der Waals surface area contributed by atoms with E-state index in [4.69, 9.17) is 9.26 Å². The molecule has 1 rings (SSSR count). The molecular formula is C9H15F2N3O2. The maximum Gasteiger partial charge on any atom is 0.261 e. The van der Waals surface area contributed by atoms with Gasteiger partial charge in [-0.3, -0.25) is 0 Å². The summed E-state index contributed by atoms with van der Waals surface area (Å²) < 4.78 is 33.1. The zero-order valence-electron chi connectivity index (χ0n) is 9.24. The predicted octanol–water partition coefficient (Wildman–Crippen LogP) is 1.17. The molecule has 0 aliphatic heterocycles. The van der Waals surface area contributed by atoms with Crippen molar-refractivity contribution in [1.82, 2.24) is 15.5 Å². The van der Waals surface area contributed by atoms with Gasteiger partial charge >= 0.3 is 0 Å². The topological polar surface area (TPSA) is 60.2 Å². The molecule has 0 amide bonds. The largest absolute Gasteiger partial charge is 0.375 e. The summed E-state index contributed by atoms with van der Waals surface area (Å²) in [5, 5.41) is 6.66. The van der Waals surface area contributed by atoms with Gasteiger partial charge in [-0.1, -0.05) is 5.16 Å². The van der Waals surface area contributed by atoms with Crippen LogP contribution in [0.3, 0.4) is 0 Å². The lowest BCUT2D eigenvalue weighted by molar-refractivity contribution is 0.0182. The quantitative estimate of drug-likeness (QED) is 0.719. The van der Waals surface area contributed by atoms with Gasteiger partial charge in [0.2, 0.25) is 5.89 Å². The predicted molar refractivity (Wildman–Crippen MR) is 52.3 cm³/mol. The van der Waals surface area contributed by atoms with Gasteiger partial charge < -0.3 is 14.6 Å². The Bertz CT molecular complexity index is 307. The molecule has 1 atom stereocenters. The van der Waals surface area contributed by atoms with Gasteiger partial charge in [-0.25, -0.2) is 8.78 Å². The van der Waals surface area contributed by atoms with E-state index < -0.39 is 13.0 Å². The lowest BCUT2D eigenvalue weighted by Crippen LogP contribution is -2.12. The molecular weight excluding hydrogens is 220 g/mol. The van der Waals surface area contributed by atoms with Gasteiger partial charge in [0.15, 0.2) is 5.82 Å². The van der Waals surface area contributed by atoms with Gasteiger partial charge in [-0.15, -0.1) is 0 Å². The Morgan fingerprint density at radius 3 is 2.88 bits per heavy atom. The van der Waals surface area contributed by atoms with Crippen LogP contribution in [-0.4, -0.2) is 36.8 Å². The van der Waals surface area contributed by atoms with E-state index in [1.54, 1.807) is 7.05 Å². The SMILES string of the molecule is CNC(C)c1nc(CCOCC(F)F)no1. The van der Waals surface area contributed by atoms with Crippen molar-refractivity contribution in [2.45, 2.75) is 25.8 Å². The molecule has 0 aromatic carbocycles. The molecule has 5 nitrogen and oxygen atoms in total. The Morgan fingerprint density at radius 1 is 1.50 bits per heavy atom. The average molecular weight is 235 g/mol. The van der Waals surface area contributed by atoms with E-state index in [1.807, 2.05) is 6.92 Å². The Kier molecular flexibility index (Phi) is 5.27. The number of halogens is 2. The number of alkyl halides is 2. The summed E-state index contributed by atoms with van der Waals surface area (Å²) in [5.74, 6) is 0.942. The molecule has 1 N–H and O–H groups in total. The van der Waals surface area contributed by atoms with Gasteiger partial charge in [0.1, 0.15) is 6.61 Å². The molecule has 7 heteroatoms. The van der Waals surface area contributed by atoms with Crippen molar-refractivity contribution in [3.8, 4) is 0 Å². The van der Waals surface area contributed by atoms with Gasteiger partial charge in [-0.2, -0.15) is 4.98 Å². The highest BCUT2D eigenvalue weighted by Gasteiger charge is 2.12. The molecule has 1 aromatic rings. The van der Waals surface area contributed by atoms with E-state index in [-0.39, 0.29) is 12.6 Å². The first-order valence-corrected chi connectivity index (χ1v) is 4.99. The first-order valence-electron chi connectivity index (χ1n) is 4.99. The van der Waals surface area contributed by atoms with Gasteiger partial charge in [-0.05, 0) is 14.0 Å². The van der Waals surface area contributed by atoms with Crippen molar-refractivity contribution in [3.05, 3.63) is 11.7 Å². The fourth-order valence-electron chi connectivity index (χ4n) is 1.00. The molecule has 0 aliphatic carbocycles. The van der Waals surface area contributed by atoms with Crippen LogP contribution in [0.5, 0.6) is 0 Å². The Morgan fingerprint density at radius 2 is 2.25 bits per heavy atom. The maximum atomic E-state index is 11.7. The van der Waals surface area contributed by atoms with Crippen LogP contribution in [0, 0.1) is 0 Å². The standard InChI is InChI=1S/C9H15F2N3O2/c1-6(12-2)9-13-8(14-16-9)3-4-15-5-7(10)11/h6-7,12H,3-5H2,1-2H3. The van der Waals surface area contributed by atoms with Crippen molar-refractivity contribution >= 4 is 0 Å². The molecule has 1 aromatic heterocycles. The molecule has 1 heterocycles. The third-order valence-electron chi connectivity index (χ3n) is 2.00. The molecule has 92 valence electrons. The van der Waals surface area contributed by atoms with Crippen LogP contribution < -0.4 is 5.32 Å². The number of hydrogen-bond donors (Lipinski definition) is 1. The fourth-order valence-corrected chi connectivity index (χ4v) is 1.00. The summed E-state index contributed by atoms with van der Waals surface area (Å²) in [6.45, 7) is 1.49. The number of hydrogen-bond acceptors (Lipinski definition) is 5. The number of ether oxygens (including phenoxy) is 1. The molecule has 0 aliphatic rings. The maximum absolute atomic E-state index is 11.7. The van der Waals surface area contributed by atoms with E-state index in [1.165, 1.54) is 0 Å². The molecule has 0 fully saturated rings. The monoisotopic (exact) mass is 235 g/mol. The molecule has 0 spiro atoms. The van der Waals surface area contributed by atoms with Crippen LogP contribution >= 0.6 is 0 Å². The van der Waals surface area contributed by atoms with Crippen LogP contribution in [-0.2, 0) is 11.2 Å². The third kappa shape index (κ3) is 4.19. The summed E-state index contributed by atoms with van der Waals surface area (Å²) in [7, 11) is 1.78. The highest BCUT2D eigenvalue weighted by molar-refractivity contribution is 4.90. The van der Waals surface area contributed by atoms with Crippen molar-refractivity contribution < 1.29 is 18.0 Å². The number of nitrogens with zero attached hydrogens (tertiary/aromatic N) is 2. The Labute approximate surface area is 92.2 Å². The number of nitrogens with one attached hydrogen (secondary N) is 1. The summed E-state index contributed by atoms with van der Waals surface area (Å²) in [6.07, 6.45) is -2.07. The first kappa shape index (κ1) is 13.0. The van der Waals surface area contributed by atoms with Crippen LogP contribution in [0.4, 0.5) is 8.78 Å². The Balaban J connectivity index is 2.29. The zero-order chi connectivity index (χ0) is 12.0. The van der Waals surface area contributed by atoms with Crippen LogP contribution in [0.15, 0.2) is 4.52 Å². The van der Waals surface area contributed by atoms with Gasteiger partial charge in [0.25, 0.3) is 6.43 Å². The second-order valence-corrected chi connectivity index (χ2v) is 3.28. The van der Waals surface area contributed by atoms with Crippen LogP contribution in [0.2, 0.25) is 0 Å². The highest BCUT2D eigenvalue weighted by Crippen LogP contribution is 2.08. The summed E-state index contributed by atoms with van der Waals surface area (Å²) in [4.78, 5) is 4.09. The molecule has 0 radical (unpaired) electrons. The second-order valence-electron chi connectivity index (χ2n) is 3.28. The van der Waals surface area contributed by atoms with E-state index in [0.717, 1.165) is 0 Å². The van der Waals surface area contributed by atoms with Crippen molar-refractivity contribution in [2.24, 2.45) is 0 Å². The van der Waals surface area contributed by atoms with E-state index in [9.17, 15) is 8.78 Å². The van der Waals surface area contributed by atoms with Gasteiger partial charge in [0.05, 0.1) is 12.6 Å². The minimum atomic E-state index is -2.44. The molecule has 0 bridgehead atoms. The van der Waals surface area contributed by atoms with E-state index >= 15 is 0 Å². The minimum Gasteiger partial charge on any atom is -0.375 e. The van der Waals surface area contributed by atoms with Crippen molar-refractivity contribution in [2.75, 3.05) is 20.3 Å². The molecule has 1 unspecified atom stereocenters. The van der Waals surface area contributed by atoms with Crippen LogP contribution in [0.25, 0.3) is 0 Å². The average Bonchev–Trinajstić information content (AvgIpc) is 2.71.